The number of hydrogen-bond acceptors (Lipinski definition) is 4. The van der Waals surface area contributed by atoms with Gasteiger partial charge in [-0.3, -0.25) is 4.79 Å². The van der Waals surface area contributed by atoms with Crippen molar-refractivity contribution in [1.82, 2.24) is 15.6 Å². The van der Waals surface area contributed by atoms with Crippen LogP contribution in [-0.2, 0) is 4.79 Å². The Morgan fingerprint density at radius 3 is 2.86 bits per heavy atom. The van der Waals surface area contributed by atoms with Crippen molar-refractivity contribution in [1.29, 1.82) is 0 Å². The molecule has 5 nitrogen and oxygen atoms in total. The third kappa shape index (κ3) is 6.75. The van der Waals surface area contributed by atoms with Crippen molar-refractivity contribution < 1.29 is 9.53 Å². The zero-order chi connectivity index (χ0) is 14.4. The summed E-state index contributed by atoms with van der Waals surface area (Å²) in [5, 5.41) is 6.89. The van der Waals surface area contributed by atoms with Crippen LogP contribution in [0.4, 0.5) is 0 Å². The minimum Gasteiger partial charge on any atom is -0.475 e. The number of piperidine rings is 1. The van der Waals surface area contributed by atoms with E-state index in [1.54, 1.807) is 6.07 Å². The van der Waals surface area contributed by atoms with E-state index in [9.17, 15) is 4.79 Å². The zero-order valence-corrected chi connectivity index (χ0v) is 15.0. The highest BCUT2D eigenvalue weighted by Gasteiger charge is 2.20. The lowest BCUT2D eigenvalue weighted by Gasteiger charge is -2.21. The molecule has 0 aliphatic carbocycles. The van der Waals surface area contributed by atoms with Gasteiger partial charge in [-0.05, 0) is 25.5 Å². The second kappa shape index (κ2) is 11.1. The molecule has 0 saturated carbocycles. The number of hydrogen-bond donors (Lipinski definition) is 2. The van der Waals surface area contributed by atoms with Crippen LogP contribution in [0.5, 0.6) is 5.88 Å². The first-order valence-corrected chi connectivity index (χ1v) is 7.34. The van der Waals surface area contributed by atoms with E-state index in [1.165, 1.54) is 6.20 Å². The van der Waals surface area contributed by atoms with Crippen molar-refractivity contribution in [3.8, 4) is 5.88 Å². The molecule has 1 saturated heterocycles. The highest BCUT2D eigenvalue weighted by Crippen LogP contribution is 2.24. The molecule has 22 heavy (non-hydrogen) atoms. The van der Waals surface area contributed by atoms with Gasteiger partial charge in [0.05, 0.1) is 17.5 Å². The minimum atomic E-state index is 0. The molecule has 0 spiro atoms. The highest BCUT2D eigenvalue weighted by atomic mass is 35.5. The SMILES string of the molecule is Cl.Cl.O=C(NCCOc1ncc(Cl)cc1Cl)C1CCCNC1. The van der Waals surface area contributed by atoms with Crippen molar-refractivity contribution >= 4 is 53.9 Å². The fourth-order valence-corrected chi connectivity index (χ4v) is 2.48. The predicted octanol–water partition coefficient (Wildman–Crippen LogP) is 2.73. The minimum absolute atomic E-state index is 0. The monoisotopic (exact) mass is 389 g/mol. The number of aromatic nitrogens is 1. The second-order valence-electron chi connectivity index (χ2n) is 4.62. The Morgan fingerprint density at radius 1 is 1.45 bits per heavy atom. The first-order valence-electron chi connectivity index (χ1n) is 6.59. The lowest BCUT2D eigenvalue weighted by atomic mass is 9.99. The molecule has 1 aliphatic rings. The number of amides is 1. The van der Waals surface area contributed by atoms with E-state index in [0.717, 1.165) is 25.9 Å². The lowest BCUT2D eigenvalue weighted by Crippen LogP contribution is -2.41. The molecule has 2 rings (SSSR count). The van der Waals surface area contributed by atoms with Crippen LogP contribution in [0.2, 0.25) is 10.0 Å². The van der Waals surface area contributed by atoms with Crippen LogP contribution in [0.3, 0.4) is 0 Å². The summed E-state index contributed by atoms with van der Waals surface area (Å²) >= 11 is 11.7. The van der Waals surface area contributed by atoms with E-state index >= 15 is 0 Å². The summed E-state index contributed by atoms with van der Waals surface area (Å²) < 4.78 is 5.40. The summed E-state index contributed by atoms with van der Waals surface area (Å²) in [6.07, 6.45) is 3.44. The van der Waals surface area contributed by atoms with Crippen LogP contribution in [0.25, 0.3) is 0 Å². The normalized spacial score (nSPS) is 16.9. The topological polar surface area (TPSA) is 63.2 Å². The molecular weight excluding hydrogens is 372 g/mol. The third-order valence-electron chi connectivity index (χ3n) is 3.08. The van der Waals surface area contributed by atoms with Crippen molar-refractivity contribution in [2.75, 3.05) is 26.2 Å². The molecule has 0 aromatic carbocycles. The number of carbonyl (C=O) groups excluding carboxylic acids is 1. The molecule has 0 bridgehead atoms. The summed E-state index contributed by atoms with van der Waals surface area (Å²) in [6, 6.07) is 1.57. The maximum absolute atomic E-state index is 11.9. The van der Waals surface area contributed by atoms with Gasteiger partial charge in [0.15, 0.2) is 0 Å². The van der Waals surface area contributed by atoms with Crippen LogP contribution < -0.4 is 15.4 Å². The quantitative estimate of drug-likeness (QED) is 0.758. The number of nitrogens with one attached hydrogen (secondary N) is 2. The number of rotatable bonds is 5. The molecule has 1 atom stereocenters. The summed E-state index contributed by atoms with van der Waals surface area (Å²) in [5.74, 6) is 0.446. The Labute approximate surface area is 152 Å². The highest BCUT2D eigenvalue weighted by molar-refractivity contribution is 6.35. The van der Waals surface area contributed by atoms with Crippen LogP contribution in [0.1, 0.15) is 12.8 Å². The zero-order valence-electron chi connectivity index (χ0n) is 11.8. The van der Waals surface area contributed by atoms with Crippen LogP contribution in [0, 0.1) is 5.92 Å². The first kappa shape index (κ1) is 21.5. The number of pyridine rings is 1. The van der Waals surface area contributed by atoms with E-state index in [1.807, 2.05) is 0 Å². The van der Waals surface area contributed by atoms with Crippen LogP contribution in [0.15, 0.2) is 12.3 Å². The van der Waals surface area contributed by atoms with E-state index in [2.05, 4.69) is 15.6 Å². The van der Waals surface area contributed by atoms with Gasteiger partial charge in [-0.2, -0.15) is 0 Å². The van der Waals surface area contributed by atoms with E-state index < -0.39 is 0 Å². The maximum atomic E-state index is 11.9. The summed E-state index contributed by atoms with van der Waals surface area (Å²) in [4.78, 5) is 15.8. The van der Waals surface area contributed by atoms with E-state index in [-0.39, 0.29) is 36.6 Å². The first-order chi connectivity index (χ1) is 9.66. The lowest BCUT2D eigenvalue weighted by molar-refractivity contribution is -0.125. The van der Waals surface area contributed by atoms with Gasteiger partial charge in [0.2, 0.25) is 11.8 Å². The number of halogens is 4. The van der Waals surface area contributed by atoms with Crippen molar-refractivity contribution in [3.63, 3.8) is 0 Å². The maximum Gasteiger partial charge on any atom is 0.232 e. The van der Waals surface area contributed by atoms with Crippen LogP contribution >= 0.6 is 48.0 Å². The molecule has 0 radical (unpaired) electrons. The third-order valence-corrected chi connectivity index (χ3v) is 3.56. The number of ether oxygens (including phenoxy) is 1. The number of nitrogens with zero attached hydrogens (tertiary/aromatic N) is 1. The Balaban J connectivity index is 0.00000220. The van der Waals surface area contributed by atoms with Crippen LogP contribution in [-0.4, -0.2) is 37.1 Å². The molecule has 1 unspecified atom stereocenters. The average Bonchev–Trinajstić information content (AvgIpc) is 2.46. The predicted molar refractivity (Wildman–Crippen MR) is 92.9 cm³/mol. The molecule has 9 heteroatoms. The number of carbonyl (C=O) groups is 1. The summed E-state index contributed by atoms with van der Waals surface area (Å²) in [6.45, 7) is 2.49. The van der Waals surface area contributed by atoms with Gasteiger partial charge >= 0.3 is 0 Å². The Morgan fingerprint density at radius 2 is 2.23 bits per heavy atom. The van der Waals surface area contributed by atoms with Gasteiger partial charge < -0.3 is 15.4 Å². The summed E-state index contributed by atoms with van der Waals surface area (Å²) in [5.41, 5.74) is 0. The van der Waals surface area contributed by atoms with Gasteiger partial charge in [-0.25, -0.2) is 4.98 Å². The molecular formula is C13H19Cl4N3O2. The summed E-state index contributed by atoms with van der Waals surface area (Å²) in [7, 11) is 0. The van der Waals surface area contributed by atoms with Gasteiger partial charge in [-0.15, -0.1) is 24.8 Å². The van der Waals surface area contributed by atoms with E-state index in [4.69, 9.17) is 27.9 Å². The molecule has 1 aromatic heterocycles. The molecule has 2 N–H and O–H groups in total. The van der Waals surface area contributed by atoms with Crippen molar-refractivity contribution in [2.24, 2.45) is 5.92 Å². The second-order valence-corrected chi connectivity index (χ2v) is 5.47. The molecule has 1 amide bonds. The van der Waals surface area contributed by atoms with Gasteiger partial charge in [-0.1, -0.05) is 23.2 Å². The Hall–Kier alpha value is -0.460. The van der Waals surface area contributed by atoms with Gasteiger partial charge in [0.1, 0.15) is 11.6 Å². The largest absolute Gasteiger partial charge is 0.475 e. The molecule has 1 aliphatic heterocycles. The average molecular weight is 391 g/mol. The smallest absolute Gasteiger partial charge is 0.232 e. The van der Waals surface area contributed by atoms with E-state index in [0.29, 0.717) is 29.1 Å². The molecule has 126 valence electrons. The Kier molecular flexibility index (Phi) is 10.9. The van der Waals surface area contributed by atoms with Gasteiger partial charge in [0.25, 0.3) is 0 Å². The fraction of sp³-hybridized carbons (Fsp3) is 0.538. The Bertz CT molecular complexity index is 471. The standard InChI is InChI=1S/C13H17Cl2N3O2.2ClH/c14-10-6-11(15)13(18-8-10)20-5-4-17-12(19)9-2-1-3-16-7-9;;/h6,8-9,16H,1-5,7H2,(H,17,19);2*1H. The molecule has 1 fully saturated rings. The molecule has 2 heterocycles. The fourth-order valence-electron chi connectivity index (χ4n) is 2.05. The van der Waals surface area contributed by atoms with Gasteiger partial charge in [0, 0.05) is 12.7 Å². The molecule has 1 aromatic rings. The van der Waals surface area contributed by atoms with Crippen molar-refractivity contribution in [2.45, 2.75) is 12.8 Å². The van der Waals surface area contributed by atoms with Crippen molar-refractivity contribution in [3.05, 3.63) is 22.3 Å².